The lowest BCUT2D eigenvalue weighted by Crippen LogP contribution is -2.26. The van der Waals surface area contributed by atoms with Crippen LogP contribution < -0.4 is 10.5 Å². The van der Waals surface area contributed by atoms with Crippen molar-refractivity contribution in [2.75, 3.05) is 7.11 Å². The van der Waals surface area contributed by atoms with Gasteiger partial charge in [-0.2, -0.15) is 0 Å². The fraction of sp³-hybridized carbons (Fsp3) is 0.357. The molecule has 0 fully saturated rings. The third-order valence-electron chi connectivity index (χ3n) is 3.32. The minimum Gasteiger partial charge on any atom is -0.496 e. The highest BCUT2D eigenvalue weighted by Gasteiger charge is 2.21. The van der Waals surface area contributed by atoms with Crippen LogP contribution in [0.2, 0.25) is 0 Å². The number of benzene rings is 1. The van der Waals surface area contributed by atoms with E-state index in [0.29, 0.717) is 6.04 Å². The molecule has 0 saturated heterocycles. The van der Waals surface area contributed by atoms with Gasteiger partial charge in [0.15, 0.2) is 0 Å². The lowest BCUT2D eigenvalue weighted by molar-refractivity contribution is 0.416. The molecule has 94 valence electrons. The lowest BCUT2D eigenvalue weighted by atomic mass is 9.99. The van der Waals surface area contributed by atoms with Gasteiger partial charge in [-0.1, -0.05) is 12.1 Å². The van der Waals surface area contributed by atoms with Crippen molar-refractivity contribution >= 4 is 11.3 Å². The zero-order valence-electron chi connectivity index (χ0n) is 10.3. The molecule has 1 unspecified atom stereocenters. The molecule has 2 aromatic rings. The largest absolute Gasteiger partial charge is 0.496 e. The Morgan fingerprint density at radius 3 is 3.06 bits per heavy atom. The van der Waals surface area contributed by atoms with E-state index >= 15 is 0 Å². The van der Waals surface area contributed by atoms with Gasteiger partial charge in [-0.3, -0.25) is 0 Å². The van der Waals surface area contributed by atoms with E-state index in [1.807, 2.05) is 18.2 Å². The summed E-state index contributed by atoms with van der Waals surface area (Å²) >= 11 is 1.75. The Kier molecular flexibility index (Phi) is 3.06. The Balaban J connectivity index is 2.02. The third kappa shape index (κ3) is 2.02. The number of rotatable bonds is 2. The van der Waals surface area contributed by atoms with Gasteiger partial charge in [-0.05, 0) is 31.4 Å². The third-order valence-corrected chi connectivity index (χ3v) is 4.47. The van der Waals surface area contributed by atoms with Crippen LogP contribution in [0.5, 0.6) is 5.75 Å². The molecule has 4 heteroatoms. The Hall–Kier alpha value is -1.39. The van der Waals surface area contributed by atoms with E-state index in [4.69, 9.17) is 15.5 Å². The molecule has 1 heterocycles. The number of fused-ring (bicyclic) bond motifs is 1. The molecule has 0 spiro atoms. The number of methoxy groups -OCH3 is 1. The van der Waals surface area contributed by atoms with E-state index in [0.717, 1.165) is 35.6 Å². The predicted octanol–water partition coefficient (Wildman–Crippen LogP) is 2.63. The first kappa shape index (κ1) is 11.7. The number of nitrogens with two attached hydrogens (primary N) is 1. The molecule has 18 heavy (non-hydrogen) atoms. The van der Waals surface area contributed by atoms with Crippen LogP contribution in [0.15, 0.2) is 24.3 Å². The van der Waals surface area contributed by atoms with Crippen LogP contribution >= 0.6 is 11.3 Å². The fourth-order valence-electron chi connectivity index (χ4n) is 2.34. The number of para-hydroxylation sites is 1. The standard InChI is InChI=1S/C14H16N2OS/c1-17-12-5-3-2-4-10(12)14-16-11-7-6-9(15)8-13(11)18-14/h2-5,9H,6-8,15H2,1H3. The van der Waals surface area contributed by atoms with Gasteiger partial charge in [-0.25, -0.2) is 4.98 Å². The summed E-state index contributed by atoms with van der Waals surface area (Å²) in [6.07, 6.45) is 3.01. The summed E-state index contributed by atoms with van der Waals surface area (Å²) in [4.78, 5) is 6.09. The quantitative estimate of drug-likeness (QED) is 0.903. The predicted molar refractivity (Wildman–Crippen MR) is 74.1 cm³/mol. The fourth-order valence-corrected chi connectivity index (χ4v) is 3.57. The summed E-state index contributed by atoms with van der Waals surface area (Å²) in [6, 6.07) is 8.32. The van der Waals surface area contributed by atoms with Crippen LogP contribution in [0.25, 0.3) is 10.6 Å². The number of thiazole rings is 1. The lowest BCUT2D eigenvalue weighted by Gasteiger charge is -2.15. The van der Waals surface area contributed by atoms with Crippen molar-refractivity contribution in [3.63, 3.8) is 0 Å². The van der Waals surface area contributed by atoms with Gasteiger partial charge in [0.2, 0.25) is 0 Å². The first-order chi connectivity index (χ1) is 8.78. The van der Waals surface area contributed by atoms with E-state index in [2.05, 4.69) is 6.07 Å². The van der Waals surface area contributed by atoms with Gasteiger partial charge < -0.3 is 10.5 Å². The maximum Gasteiger partial charge on any atom is 0.129 e. The van der Waals surface area contributed by atoms with Crippen LogP contribution in [-0.4, -0.2) is 18.1 Å². The highest BCUT2D eigenvalue weighted by Crippen LogP contribution is 2.36. The topological polar surface area (TPSA) is 48.1 Å². The van der Waals surface area contributed by atoms with Gasteiger partial charge in [0, 0.05) is 10.9 Å². The number of ether oxygens (including phenoxy) is 1. The van der Waals surface area contributed by atoms with E-state index < -0.39 is 0 Å². The van der Waals surface area contributed by atoms with E-state index in [1.54, 1.807) is 18.4 Å². The normalized spacial score (nSPS) is 18.4. The van der Waals surface area contributed by atoms with Gasteiger partial charge in [0.05, 0.1) is 18.4 Å². The number of hydrogen-bond acceptors (Lipinski definition) is 4. The van der Waals surface area contributed by atoms with Crippen LogP contribution in [0.3, 0.4) is 0 Å². The number of aromatic nitrogens is 1. The highest BCUT2D eigenvalue weighted by molar-refractivity contribution is 7.15. The van der Waals surface area contributed by atoms with Crippen molar-refractivity contribution in [1.82, 2.24) is 4.98 Å². The molecule has 0 amide bonds. The second-order valence-electron chi connectivity index (χ2n) is 4.59. The Morgan fingerprint density at radius 1 is 1.39 bits per heavy atom. The van der Waals surface area contributed by atoms with Crippen molar-refractivity contribution in [3.8, 4) is 16.3 Å². The van der Waals surface area contributed by atoms with Crippen LogP contribution in [-0.2, 0) is 12.8 Å². The monoisotopic (exact) mass is 260 g/mol. The molecule has 3 nitrogen and oxygen atoms in total. The SMILES string of the molecule is COc1ccccc1-c1nc2c(s1)CC(N)CC2. The van der Waals surface area contributed by atoms with Gasteiger partial charge in [0.1, 0.15) is 10.8 Å². The average molecular weight is 260 g/mol. The van der Waals surface area contributed by atoms with Crippen LogP contribution in [0.4, 0.5) is 0 Å². The number of hydrogen-bond donors (Lipinski definition) is 1. The molecule has 0 bridgehead atoms. The second-order valence-corrected chi connectivity index (χ2v) is 5.68. The maximum absolute atomic E-state index is 6.01. The number of aryl methyl sites for hydroxylation is 1. The van der Waals surface area contributed by atoms with Crippen molar-refractivity contribution in [1.29, 1.82) is 0 Å². The molecular weight excluding hydrogens is 244 g/mol. The molecule has 0 aliphatic heterocycles. The molecule has 1 aliphatic rings. The summed E-state index contributed by atoms with van der Waals surface area (Å²) in [5.74, 6) is 0.882. The van der Waals surface area contributed by atoms with Crippen LogP contribution in [0, 0.1) is 0 Å². The average Bonchev–Trinajstić information content (AvgIpc) is 2.81. The van der Waals surface area contributed by atoms with Crippen molar-refractivity contribution in [3.05, 3.63) is 34.8 Å². The second kappa shape index (κ2) is 4.71. The zero-order chi connectivity index (χ0) is 12.5. The molecular formula is C14H16N2OS. The molecule has 1 atom stereocenters. The maximum atomic E-state index is 6.01. The Morgan fingerprint density at radius 2 is 2.22 bits per heavy atom. The van der Waals surface area contributed by atoms with E-state index in [9.17, 15) is 0 Å². The first-order valence-corrected chi connectivity index (χ1v) is 6.97. The molecule has 0 saturated carbocycles. The van der Waals surface area contributed by atoms with Crippen molar-refractivity contribution in [2.24, 2.45) is 5.73 Å². The molecule has 1 aliphatic carbocycles. The minimum absolute atomic E-state index is 0.295. The molecule has 2 N–H and O–H groups in total. The summed E-state index contributed by atoms with van der Waals surface area (Å²) in [6.45, 7) is 0. The minimum atomic E-state index is 0.295. The Bertz CT molecular complexity index is 565. The van der Waals surface area contributed by atoms with Crippen LogP contribution in [0.1, 0.15) is 17.0 Å². The van der Waals surface area contributed by atoms with Gasteiger partial charge >= 0.3 is 0 Å². The summed E-state index contributed by atoms with van der Waals surface area (Å²) < 4.78 is 5.39. The highest BCUT2D eigenvalue weighted by atomic mass is 32.1. The molecule has 1 aromatic carbocycles. The van der Waals surface area contributed by atoms with Crippen molar-refractivity contribution in [2.45, 2.75) is 25.3 Å². The smallest absolute Gasteiger partial charge is 0.129 e. The zero-order valence-corrected chi connectivity index (χ0v) is 11.2. The summed E-state index contributed by atoms with van der Waals surface area (Å²) in [5, 5.41) is 1.05. The number of nitrogens with zero attached hydrogens (tertiary/aromatic N) is 1. The summed E-state index contributed by atoms with van der Waals surface area (Å²) in [5.41, 5.74) is 8.31. The first-order valence-electron chi connectivity index (χ1n) is 6.15. The molecule has 0 radical (unpaired) electrons. The molecule has 3 rings (SSSR count). The van der Waals surface area contributed by atoms with Crippen molar-refractivity contribution < 1.29 is 4.74 Å². The Labute approximate surface area is 111 Å². The van der Waals surface area contributed by atoms with Gasteiger partial charge in [0.25, 0.3) is 0 Å². The van der Waals surface area contributed by atoms with Gasteiger partial charge in [-0.15, -0.1) is 11.3 Å². The van der Waals surface area contributed by atoms with E-state index in [-0.39, 0.29) is 0 Å². The van der Waals surface area contributed by atoms with E-state index in [1.165, 1.54) is 10.6 Å². The summed E-state index contributed by atoms with van der Waals surface area (Å²) in [7, 11) is 1.70. The molecule has 1 aromatic heterocycles.